The van der Waals surface area contributed by atoms with Gasteiger partial charge in [0.05, 0.1) is 12.3 Å². The minimum absolute atomic E-state index is 0.126. The first-order valence-corrected chi connectivity index (χ1v) is 5.76. The second kappa shape index (κ2) is 5.85. The molecule has 90 valence electrons. The predicted molar refractivity (Wildman–Crippen MR) is 65.0 cm³/mol. The van der Waals surface area contributed by atoms with E-state index in [0.717, 1.165) is 12.8 Å². The van der Waals surface area contributed by atoms with Crippen molar-refractivity contribution >= 4 is 5.69 Å². The first-order valence-electron chi connectivity index (χ1n) is 5.76. The lowest BCUT2D eigenvalue weighted by Gasteiger charge is -2.30. The maximum Gasteiger partial charge on any atom is 0.146 e. The number of aliphatic hydroxyl groups excluding tert-OH is 1. The van der Waals surface area contributed by atoms with E-state index in [1.165, 1.54) is 6.07 Å². The first kappa shape index (κ1) is 13.0. The molecule has 1 aromatic rings. The average molecular weight is 225 g/mol. The SMILES string of the molecule is CCC(CC)(CO)CNc1ccccc1F. The van der Waals surface area contributed by atoms with Crippen molar-refractivity contribution in [3.8, 4) is 0 Å². The molecular weight excluding hydrogens is 205 g/mol. The summed E-state index contributed by atoms with van der Waals surface area (Å²) in [4.78, 5) is 0. The molecule has 0 unspecified atom stereocenters. The molecule has 0 aliphatic carbocycles. The van der Waals surface area contributed by atoms with E-state index in [0.29, 0.717) is 12.2 Å². The second-order valence-electron chi connectivity index (χ2n) is 4.20. The number of halogens is 1. The Bertz CT molecular complexity index is 315. The minimum atomic E-state index is -0.249. The molecule has 0 amide bonds. The normalized spacial score (nSPS) is 11.5. The molecular formula is C13H20FNO. The quantitative estimate of drug-likeness (QED) is 0.780. The van der Waals surface area contributed by atoms with E-state index >= 15 is 0 Å². The van der Waals surface area contributed by atoms with Crippen LogP contribution in [0.25, 0.3) is 0 Å². The van der Waals surface area contributed by atoms with Gasteiger partial charge in [-0.25, -0.2) is 4.39 Å². The molecule has 2 N–H and O–H groups in total. The fourth-order valence-corrected chi connectivity index (χ4v) is 1.67. The van der Waals surface area contributed by atoms with Gasteiger partial charge in [-0.15, -0.1) is 0 Å². The summed E-state index contributed by atoms with van der Waals surface area (Å²) in [7, 11) is 0. The molecule has 2 nitrogen and oxygen atoms in total. The van der Waals surface area contributed by atoms with Crippen molar-refractivity contribution in [3.05, 3.63) is 30.1 Å². The van der Waals surface area contributed by atoms with Gasteiger partial charge in [0.2, 0.25) is 0 Å². The summed E-state index contributed by atoms with van der Waals surface area (Å²) >= 11 is 0. The van der Waals surface area contributed by atoms with Gasteiger partial charge in [-0.05, 0) is 25.0 Å². The average Bonchev–Trinajstić information content (AvgIpc) is 2.34. The Morgan fingerprint density at radius 1 is 1.25 bits per heavy atom. The number of hydrogen-bond acceptors (Lipinski definition) is 2. The predicted octanol–water partition coefficient (Wildman–Crippen LogP) is 3.04. The van der Waals surface area contributed by atoms with Crippen LogP contribution in [0.2, 0.25) is 0 Å². The van der Waals surface area contributed by atoms with E-state index in [9.17, 15) is 9.50 Å². The zero-order valence-corrected chi connectivity index (χ0v) is 9.96. The number of anilines is 1. The van der Waals surface area contributed by atoms with Gasteiger partial charge >= 0.3 is 0 Å². The Kier molecular flexibility index (Phi) is 4.74. The lowest BCUT2D eigenvalue weighted by molar-refractivity contribution is 0.127. The minimum Gasteiger partial charge on any atom is -0.396 e. The Morgan fingerprint density at radius 2 is 1.88 bits per heavy atom. The van der Waals surface area contributed by atoms with Crippen LogP contribution in [-0.2, 0) is 0 Å². The summed E-state index contributed by atoms with van der Waals surface area (Å²) in [6.45, 7) is 4.81. The summed E-state index contributed by atoms with van der Waals surface area (Å²) in [6.07, 6.45) is 1.75. The summed E-state index contributed by atoms with van der Waals surface area (Å²) in [5.74, 6) is -0.249. The van der Waals surface area contributed by atoms with Crippen LogP contribution in [0.4, 0.5) is 10.1 Å². The van der Waals surface area contributed by atoms with Gasteiger partial charge in [-0.1, -0.05) is 26.0 Å². The van der Waals surface area contributed by atoms with Crippen molar-refractivity contribution in [3.63, 3.8) is 0 Å². The van der Waals surface area contributed by atoms with Crippen LogP contribution in [0, 0.1) is 11.2 Å². The second-order valence-corrected chi connectivity index (χ2v) is 4.20. The molecule has 0 bridgehead atoms. The fraction of sp³-hybridized carbons (Fsp3) is 0.538. The molecule has 0 saturated carbocycles. The van der Waals surface area contributed by atoms with E-state index in [1.807, 2.05) is 13.8 Å². The van der Waals surface area contributed by atoms with Crippen molar-refractivity contribution in [1.29, 1.82) is 0 Å². The Hall–Kier alpha value is -1.09. The number of hydrogen-bond donors (Lipinski definition) is 2. The maximum absolute atomic E-state index is 13.4. The molecule has 1 rings (SSSR count). The number of nitrogens with one attached hydrogen (secondary N) is 1. The number of benzene rings is 1. The van der Waals surface area contributed by atoms with Crippen LogP contribution in [0.1, 0.15) is 26.7 Å². The van der Waals surface area contributed by atoms with Gasteiger partial charge in [0, 0.05) is 12.0 Å². The number of aliphatic hydroxyl groups is 1. The topological polar surface area (TPSA) is 32.3 Å². The maximum atomic E-state index is 13.4. The van der Waals surface area contributed by atoms with Crippen molar-refractivity contribution in [1.82, 2.24) is 0 Å². The van der Waals surface area contributed by atoms with Gasteiger partial charge in [-0.2, -0.15) is 0 Å². The van der Waals surface area contributed by atoms with Crippen LogP contribution in [0.3, 0.4) is 0 Å². The zero-order chi connectivity index (χ0) is 12.0. The molecule has 0 atom stereocenters. The van der Waals surface area contributed by atoms with Crippen molar-refractivity contribution in [2.75, 3.05) is 18.5 Å². The van der Waals surface area contributed by atoms with Gasteiger partial charge < -0.3 is 10.4 Å². The lowest BCUT2D eigenvalue weighted by atomic mass is 9.83. The smallest absolute Gasteiger partial charge is 0.146 e. The highest BCUT2D eigenvalue weighted by molar-refractivity contribution is 5.44. The highest BCUT2D eigenvalue weighted by atomic mass is 19.1. The highest BCUT2D eigenvalue weighted by Gasteiger charge is 2.25. The Morgan fingerprint density at radius 3 is 2.38 bits per heavy atom. The molecule has 16 heavy (non-hydrogen) atoms. The van der Waals surface area contributed by atoms with Crippen LogP contribution in [0.5, 0.6) is 0 Å². The third kappa shape index (κ3) is 2.95. The van der Waals surface area contributed by atoms with E-state index < -0.39 is 0 Å². The molecule has 3 heteroatoms. The van der Waals surface area contributed by atoms with Crippen LogP contribution >= 0.6 is 0 Å². The Labute approximate surface area is 96.5 Å². The summed E-state index contributed by atoms with van der Waals surface area (Å²) in [6, 6.07) is 6.60. The van der Waals surface area contributed by atoms with Gasteiger partial charge in [0.1, 0.15) is 5.82 Å². The van der Waals surface area contributed by atoms with E-state index in [2.05, 4.69) is 5.32 Å². The molecule has 0 aromatic heterocycles. The summed E-state index contributed by atoms with van der Waals surface area (Å²) in [5.41, 5.74) is 0.352. The zero-order valence-electron chi connectivity index (χ0n) is 9.96. The van der Waals surface area contributed by atoms with Crippen molar-refractivity contribution < 1.29 is 9.50 Å². The molecule has 0 aliphatic heterocycles. The van der Waals surface area contributed by atoms with E-state index in [-0.39, 0.29) is 17.8 Å². The van der Waals surface area contributed by atoms with Gasteiger partial charge in [0.15, 0.2) is 0 Å². The Balaban J connectivity index is 2.66. The van der Waals surface area contributed by atoms with E-state index in [4.69, 9.17) is 0 Å². The number of rotatable bonds is 6. The highest BCUT2D eigenvalue weighted by Crippen LogP contribution is 2.26. The van der Waals surface area contributed by atoms with Gasteiger partial charge in [-0.3, -0.25) is 0 Å². The van der Waals surface area contributed by atoms with Crippen molar-refractivity contribution in [2.45, 2.75) is 26.7 Å². The fourth-order valence-electron chi connectivity index (χ4n) is 1.67. The lowest BCUT2D eigenvalue weighted by Crippen LogP contribution is -2.32. The van der Waals surface area contributed by atoms with Crippen LogP contribution < -0.4 is 5.32 Å². The van der Waals surface area contributed by atoms with Crippen molar-refractivity contribution in [2.24, 2.45) is 5.41 Å². The molecule has 0 spiro atoms. The number of para-hydroxylation sites is 1. The molecule has 0 radical (unpaired) electrons. The molecule has 0 heterocycles. The van der Waals surface area contributed by atoms with Crippen LogP contribution in [-0.4, -0.2) is 18.3 Å². The monoisotopic (exact) mass is 225 g/mol. The first-order chi connectivity index (χ1) is 7.67. The van der Waals surface area contributed by atoms with Gasteiger partial charge in [0.25, 0.3) is 0 Å². The standard InChI is InChI=1S/C13H20FNO/c1-3-13(4-2,10-16)9-15-12-8-6-5-7-11(12)14/h5-8,15-16H,3-4,9-10H2,1-2H3. The third-order valence-corrected chi connectivity index (χ3v) is 3.36. The molecule has 0 aliphatic rings. The molecule has 0 fully saturated rings. The molecule has 0 saturated heterocycles. The largest absolute Gasteiger partial charge is 0.396 e. The summed E-state index contributed by atoms with van der Waals surface area (Å²) < 4.78 is 13.4. The van der Waals surface area contributed by atoms with E-state index in [1.54, 1.807) is 18.2 Å². The molecule has 1 aromatic carbocycles. The summed E-state index contributed by atoms with van der Waals surface area (Å²) in [5, 5.41) is 12.5. The van der Waals surface area contributed by atoms with Crippen LogP contribution in [0.15, 0.2) is 24.3 Å². The third-order valence-electron chi connectivity index (χ3n) is 3.36.